The molecule has 21 heavy (non-hydrogen) atoms. The van der Waals surface area contributed by atoms with Crippen LogP contribution in [0.5, 0.6) is 0 Å². The van der Waals surface area contributed by atoms with Gasteiger partial charge in [0.15, 0.2) is 11.2 Å². The van der Waals surface area contributed by atoms with Gasteiger partial charge in [0.1, 0.15) is 6.61 Å². The van der Waals surface area contributed by atoms with Gasteiger partial charge in [0.25, 0.3) is 10.1 Å². The van der Waals surface area contributed by atoms with E-state index < -0.39 is 52.4 Å². The van der Waals surface area contributed by atoms with Gasteiger partial charge < -0.3 is 10.1 Å². The van der Waals surface area contributed by atoms with Crippen LogP contribution < -0.4 is 5.32 Å². The minimum Gasteiger partial charge on any atom is -0.467 e. The largest absolute Gasteiger partial charge is 0.471 e. The van der Waals surface area contributed by atoms with Crippen molar-refractivity contribution in [3.63, 3.8) is 0 Å². The van der Waals surface area contributed by atoms with Gasteiger partial charge in [-0.2, -0.15) is 21.6 Å². The van der Waals surface area contributed by atoms with Crippen molar-refractivity contribution in [3.05, 3.63) is 0 Å². The molecule has 7 nitrogen and oxygen atoms in total. The summed E-state index contributed by atoms with van der Waals surface area (Å²) in [6, 6.07) is 0. The van der Waals surface area contributed by atoms with E-state index >= 15 is 0 Å². The number of nitrogens with one attached hydrogen (secondary N) is 1. The van der Waals surface area contributed by atoms with Gasteiger partial charge in [-0.3, -0.25) is 8.98 Å². The third-order valence-electron chi connectivity index (χ3n) is 2.81. The lowest BCUT2D eigenvalue weighted by Crippen LogP contribution is -2.54. The van der Waals surface area contributed by atoms with Gasteiger partial charge in [0, 0.05) is 6.42 Å². The van der Waals surface area contributed by atoms with Crippen molar-refractivity contribution in [1.82, 2.24) is 5.32 Å². The van der Waals surface area contributed by atoms with E-state index in [0.29, 0.717) is 6.26 Å². The van der Waals surface area contributed by atoms with Crippen LogP contribution >= 0.6 is 0 Å². The van der Waals surface area contributed by atoms with Crippen LogP contribution in [0.15, 0.2) is 0 Å². The molecule has 2 unspecified atom stereocenters. The zero-order valence-electron chi connectivity index (χ0n) is 10.8. The fraction of sp³-hybridized carbons (Fsp3) is 0.778. The monoisotopic (exact) mass is 337 g/mol. The highest BCUT2D eigenvalue weighted by Crippen LogP contribution is 2.52. The second kappa shape index (κ2) is 5.09. The number of rotatable bonds is 5. The summed E-state index contributed by atoms with van der Waals surface area (Å²) < 4.78 is 80.6. The number of hydrogen-bond acceptors (Lipinski definition) is 6. The molecule has 0 spiro atoms. The topological polar surface area (TPSA) is 98.8 Å². The number of halogens is 4. The van der Waals surface area contributed by atoms with Gasteiger partial charge in [0.2, 0.25) is 0 Å². The quantitative estimate of drug-likeness (QED) is 0.419. The molecule has 1 N–H and O–H groups in total. The Morgan fingerprint density at radius 2 is 1.86 bits per heavy atom. The van der Waals surface area contributed by atoms with E-state index in [9.17, 15) is 35.6 Å². The summed E-state index contributed by atoms with van der Waals surface area (Å²) in [4.78, 5) is 22.3. The highest BCUT2D eigenvalue weighted by atomic mass is 32.2. The maximum absolute atomic E-state index is 14.3. The maximum Gasteiger partial charge on any atom is 0.471 e. The van der Waals surface area contributed by atoms with Crippen molar-refractivity contribution in [2.24, 2.45) is 0 Å². The average Bonchev–Trinajstić information content (AvgIpc) is 2.91. The van der Waals surface area contributed by atoms with Gasteiger partial charge in [-0.25, -0.2) is 9.18 Å². The number of alkyl halides is 4. The van der Waals surface area contributed by atoms with Crippen molar-refractivity contribution < 1.29 is 44.5 Å². The van der Waals surface area contributed by atoms with Crippen molar-refractivity contribution in [2.45, 2.75) is 23.8 Å². The second-order valence-corrected chi connectivity index (χ2v) is 6.10. The van der Waals surface area contributed by atoms with Crippen LogP contribution in [0.3, 0.4) is 0 Å². The highest BCUT2D eigenvalue weighted by Gasteiger charge is 2.77. The summed E-state index contributed by atoms with van der Waals surface area (Å²) in [5.74, 6) is -4.02. The Hall–Kier alpha value is -1.43. The predicted octanol–water partition coefficient (Wildman–Crippen LogP) is -0.335. The minimum atomic E-state index is -5.35. The van der Waals surface area contributed by atoms with Crippen LogP contribution in [-0.2, 0) is 28.6 Å². The average molecular weight is 337 g/mol. The Labute approximate surface area is 116 Å². The molecule has 1 aliphatic rings. The van der Waals surface area contributed by atoms with Crippen LogP contribution in [0.25, 0.3) is 0 Å². The molecule has 0 radical (unpaired) electrons. The molecule has 1 fully saturated rings. The van der Waals surface area contributed by atoms with E-state index in [1.165, 1.54) is 5.32 Å². The smallest absolute Gasteiger partial charge is 0.467 e. The first-order valence-corrected chi connectivity index (χ1v) is 7.10. The molecule has 1 amide bonds. The molecule has 0 aromatic rings. The first kappa shape index (κ1) is 17.6. The summed E-state index contributed by atoms with van der Waals surface area (Å²) in [6.45, 7) is -1.22. The molecule has 1 rings (SSSR count). The van der Waals surface area contributed by atoms with Crippen molar-refractivity contribution >= 4 is 22.0 Å². The zero-order valence-corrected chi connectivity index (χ0v) is 11.6. The Morgan fingerprint density at radius 1 is 1.33 bits per heavy atom. The van der Waals surface area contributed by atoms with Gasteiger partial charge in [-0.05, 0) is 0 Å². The molecular formula is C9H11F4NO6S. The Balaban J connectivity index is 2.95. The molecule has 0 aromatic heterocycles. The van der Waals surface area contributed by atoms with Crippen LogP contribution in [-0.4, -0.2) is 57.7 Å². The van der Waals surface area contributed by atoms with Crippen molar-refractivity contribution in [1.29, 1.82) is 0 Å². The number of carbonyl (C=O) groups excluding carboxylic acids is 2. The molecule has 0 bridgehead atoms. The van der Waals surface area contributed by atoms with Crippen molar-refractivity contribution in [3.8, 4) is 0 Å². The lowest BCUT2D eigenvalue weighted by Gasteiger charge is -2.20. The Kier molecular flexibility index (Phi) is 4.27. The van der Waals surface area contributed by atoms with Crippen LogP contribution in [0.2, 0.25) is 0 Å². The number of carbonyl (C=O) groups is 2. The minimum absolute atomic E-state index is 0.590. The standard InChI is InChI=1S/C9H11F4NO6S/c1-19-6(16)8(14-5(15)9(11,12)13)3-7(8,10)4-20-21(2,17)18/h3-4H2,1-2H3,(H,14,15). The van der Waals surface area contributed by atoms with Crippen LogP contribution in [0, 0.1) is 0 Å². The van der Waals surface area contributed by atoms with Gasteiger partial charge in [-0.1, -0.05) is 0 Å². The summed E-state index contributed by atoms with van der Waals surface area (Å²) in [7, 11) is -3.31. The number of methoxy groups -OCH3 is 1. The summed E-state index contributed by atoms with van der Waals surface area (Å²) in [6.07, 6.45) is -5.65. The Morgan fingerprint density at radius 3 is 2.24 bits per heavy atom. The molecule has 12 heteroatoms. The fourth-order valence-electron chi connectivity index (χ4n) is 1.65. The van der Waals surface area contributed by atoms with E-state index in [4.69, 9.17) is 0 Å². The lowest BCUT2D eigenvalue weighted by atomic mass is 10.2. The third-order valence-corrected chi connectivity index (χ3v) is 3.35. The van der Waals surface area contributed by atoms with Crippen molar-refractivity contribution in [2.75, 3.05) is 20.0 Å². The van der Waals surface area contributed by atoms with E-state index in [2.05, 4.69) is 8.92 Å². The van der Waals surface area contributed by atoms with Gasteiger partial charge in [-0.15, -0.1) is 0 Å². The van der Waals surface area contributed by atoms with Crippen LogP contribution in [0.4, 0.5) is 17.6 Å². The van der Waals surface area contributed by atoms with Gasteiger partial charge >= 0.3 is 18.1 Å². The first-order chi connectivity index (χ1) is 9.27. The molecule has 122 valence electrons. The molecule has 1 saturated carbocycles. The lowest BCUT2D eigenvalue weighted by molar-refractivity contribution is -0.177. The number of ether oxygens (including phenoxy) is 1. The normalized spacial score (nSPS) is 28.9. The highest BCUT2D eigenvalue weighted by molar-refractivity contribution is 7.85. The molecule has 2 atom stereocenters. The summed E-state index contributed by atoms with van der Waals surface area (Å²) in [5.41, 5.74) is -5.44. The molecule has 0 aliphatic heterocycles. The summed E-state index contributed by atoms with van der Waals surface area (Å²) in [5, 5.41) is 1.20. The van der Waals surface area contributed by atoms with Gasteiger partial charge in [0.05, 0.1) is 13.4 Å². The molecular weight excluding hydrogens is 326 g/mol. The first-order valence-electron chi connectivity index (χ1n) is 5.28. The van der Waals surface area contributed by atoms with Crippen LogP contribution in [0.1, 0.15) is 6.42 Å². The third kappa shape index (κ3) is 3.61. The van der Waals surface area contributed by atoms with E-state index in [-0.39, 0.29) is 0 Å². The number of esters is 1. The maximum atomic E-state index is 14.3. The molecule has 0 heterocycles. The zero-order chi connectivity index (χ0) is 16.7. The fourth-order valence-corrected chi connectivity index (χ4v) is 2.05. The molecule has 0 saturated heterocycles. The van der Waals surface area contributed by atoms with E-state index in [0.717, 1.165) is 7.11 Å². The van der Waals surface area contributed by atoms with E-state index in [1.807, 2.05) is 0 Å². The Bertz CT molecular complexity index is 561. The number of amides is 1. The SMILES string of the molecule is COC(=O)C1(NC(=O)C(F)(F)F)CC1(F)COS(C)(=O)=O. The predicted molar refractivity (Wildman–Crippen MR) is 58.2 cm³/mol. The summed E-state index contributed by atoms with van der Waals surface area (Å²) >= 11 is 0. The van der Waals surface area contributed by atoms with E-state index in [1.54, 1.807) is 0 Å². The second-order valence-electron chi connectivity index (χ2n) is 4.46. The number of hydrogen-bond donors (Lipinski definition) is 1. The molecule has 0 aromatic carbocycles. The molecule has 1 aliphatic carbocycles.